The SMILES string of the molecule is CNCc1ccc(-c2cccc(C)c2C)cc1. The van der Waals surface area contributed by atoms with Crippen LogP contribution in [0.15, 0.2) is 42.5 Å². The average molecular weight is 225 g/mol. The maximum Gasteiger partial charge on any atom is 0.0202 e. The Bertz CT molecular complexity index is 497. The molecule has 88 valence electrons. The Labute approximate surface area is 103 Å². The number of hydrogen-bond acceptors (Lipinski definition) is 1. The van der Waals surface area contributed by atoms with Gasteiger partial charge in [0.15, 0.2) is 0 Å². The molecule has 0 atom stereocenters. The highest BCUT2D eigenvalue weighted by atomic mass is 14.8. The van der Waals surface area contributed by atoms with Crippen molar-refractivity contribution in [2.75, 3.05) is 7.05 Å². The van der Waals surface area contributed by atoms with Gasteiger partial charge in [0, 0.05) is 6.54 Å². The normalized spacial score (nSPS) is 10.5. The van der Waals surface area contributed by atoms with Gasteiger partial charge in [0.05, 0.1) is 0 Å². The van der Waals surface area contributed by atoms with E-state index in [4.69, 9.17) is 0 Å². The second-order valence-corrected chi connectivity index (χ2v) is 4.47. The zero-order valence-corrected chi connectivity index (χ0v) is 10.7. The van der Waals surface area contributed by atoms with Gasteiger partial charge in [-0.15, -0.1) is 0 Å². The first kappa shape index (κ1) is 11.9. The summed E-state index contributed by atoms with van der Waals surface area (Å²) in [6.07, 6.45) is 0. The van der Waals surface area contributed by atoms with E-state index in [0.29, 0.717) is 0 Å². The molecule has 0 spiro atoms. The Morgan fingerprint density at radius 2 is 1.65 bits per heavy atom. The van der Waals surface area contributed by atoms with E-state index in [2.05, 4.69) is 61.6 Å². The highest BCUT2D eigenvalue weighted by Gasteiger charge is 2.03. The van der Waals surface area contributed by atoms with Crippen molar-refractivity contribution in [3.05, 3.63) is 59.2 Å². The quantitative estimate of drug-likeness (QED) is 0.840. The molecule has 1 heteroatoms. The summed E-state index contributed by atoms with van der Waals surface area (Å²) in [5.41, 5.74) is 6.67. The largest absolute Gasteiger partial charge is 0.316 e. The zero-order valence-electron chi connectivity index (χ0n) is 10.7. The molecule has 2 rings (SSSR count). The molecule has 0 amide bonds. The van der Waals surface area contributed by atoms with Gasteiger partial charge in [0.2, 0.25) is 0 Å². The molecule has 0 radical (unpaired) electrons. The van der Waals surface area contributed by atoms with Crippen LogP contribution in [0, 0.1) is 13.8 Å². The fourth-order valence-corrected chi connectivity index (χ4v) is 2.07. The van der Waals surface area contributed by atoms with Crippen molar-refractivity contribution >= 4 is 0 Å². The monoisotopic (exact) mass is 225 g/mol. The lowest BCUT2D eigenvalue weighted by atomic mass is 9.96. The summed E-state index contributed by atoms with van der Waals surface area (Å²) in [5.74, 6) is 0. The lowest BCUT2D eigenvalue weighted by Gasteiger charge is -2.09. The standard InChI is InChI=1S/C16H19N/c1-12-5-4-6-16(13(12)2)15-9-7-14(8-10-15)11-17-3/h4-10,17H,11H2,1-3H3. The Hall–Kier alpha value is -1.60. The van der Waals surface area contributed by atoms with Gasteiger partial charge in [-0.05, 0) is 48.7 Å². The molecule has 2 aromatic carbocycles. The molecule has 0 bridgehead atoms. The molecule has 0 aliphatic heterocycles. The predicted molar refractivity (Wildman–Crippen MR) is 74.1 cm³/mol. The molecule has 0 aliphatic carbocycles. The minimum atomic E-state index is 0.924. The van der Waals surface area contributed by atoms with Crippen LogP contribution in [0.25, 0.3) is 11.1 Å². The van der Waals surface area contributed by atoms with Gasteiger partial charge in [-0.1, -0.05) is 42.5 Å². The van der Waals surface area contributed by atoms with Crippen LogP contribution in [0.1, 0.15) is 16.7 Å². The predicted octanol–water partition coefficient (Wildman–Crippen LogP) is 3.69. The van der Waals surface area contributed by atoms with Gasteiger partial charge >= 0.3 is 0 Å². The number of aryl methyl sites for hydroxylation is 1. The van der Waals surface area contributed by atoms with Crippen LogP contribution in [-0.4, -0.2) is 7.05 Å². The van der Waals surface area contributed by atoms with E-state index >= 15 is 0 Å². The first-order valence-electron chi connectivity index (χ1n) is 6.02. The van der Waals surface area contributed by atoms with E-state index in [1.165, 1.54) is 27.8 Å². The smallest absolute Gasteiger partial charge is 0.0202 e. The minimum absolute atomic E-state index is 0.924. The van der Waals surface area contributed by atoms with Crippen molar-refractivity contribution in [3.63, 3.8) is 0 Å². The van der Waals surface area contributed by atoms with E-state index in [1.807, 2.05) is 7.05 Å². The highest BCUT2D eigenvalue weighted by Crippen LogP contribution is 2.25. The summed E-state index contributed by atoms with van der Waals surface area (Å²) < 4.78 is 0. The van der Waals surface area contributed by atoms with Gasteiger partial charge in [-0.2, -0.15) is 0 Å². The molecule has 0 heterocycles. The van der Waals surface area contributed by atoms with Gasteiger partial charge in [-0.3, -0.25) is 0 Å². The summed E-state index contributed by atoms with van der Waals surface area (Å²) in [7, 11) is 1.97. The molecule has 0 unspecified atom stereocenters. The molecule has 1 nitrogen and oxygen atoms in total. The van der Waals surface area contributed by atoms with Gasteiger partial charge in [0.1, 0.15) is 0 Å². The zero-order chi connectivity index (χ0) is 12.3. The molecule has 1 N–H and O–H groups in total. The van der Waals surface area contributed by atoms with Gasteiger partial charge in [0.25, 0.3) is 0 Å². The van der Waals surface area contributed by atoms with Crippen molar-refractivity contribution in [1.82, 2.24) is 5.32 Å². The van der Waals surface area contributed by atoms with E-state index in [1.54, 1.807) is 0 Å². The van der Waals surface area contributed by atoms with Crippen molar-refractivity contribution < 1.29 is 0 Å². The van der Waals surface area contributed by atoms with Crippen LogP contribution in [0.5, 0.6) is 0 Å². The third kappa shape index (κ3) is 2.56. The fraction of sp³-hybridized carbons (Fsp3) is 0.250. The minimum Gasteiger partial charge on any atom is -0.316 e. The second-order valence-electron chi connectivity index (χ2n) is 4.47. The van der Waals surface area contributed by atoms with Crippen LogP contribution in [0.2, 0.25) is 0 Å². The van der Waals surface area contributed by atoms with Crippen LogP contribution in [0.3, 0.4) is 0 Å². The van der Waals surface area contributed by atoms with E-state index < -0.39 is 0 Å². The molecule has 2 aromatic rings. The first-order valence-corrected chi connectivity index (χ1v) is 6.02. The third-order valence-electron chi connectivity index (χ3n) is 3.25. The molecule has 0 saturated heterocycles. The van der Waals surface area contributed by atoms with Crippen LogP contribution >= 0.6 is 0 Å². The van der Waals surface area contributed by atoms with Crippen molar-refractivity contribution in [2.24, 2.45) is 0 Å². The highest BCUT2D eigenvalue weighted by molar-refractivity contribution is 5.68. The lowest BCUT2D eigenvalue weighted by molar-refractivity contribution is 0.818. The summed E-state index contributed by atoms with van der Waals surface area (Å²) >= 11 is 0. The molecular weight excluding hydrogens is 206 g/mol. The van der Waals surface area contributed by atoms with Gasteiger partial charge in [-0.25, -0.2) is 0 Å². The first-order chi connectivity index (χ1) is 8.22. The summed E-state index contributed by atoms with van der Waals surface area (Å²) in [4.78, 5) is 0. The topological polar surface area (TPSA) is 12.0 Å². The van der Waals surface area contributed by atoms with Crippen molar-refractivity contribution in [2.45, 2.75) is 20.4 Å². The Balaban J connectivity index is 2.36. The van der Waals surface area contributed by atoms with E-state index in [0.717, 1.165) is 6.54 Å². The average Bonchev–Trinajstić information content (AvgIpc) is 2.34. The summed E-state index contributed by atoms with van der Waals surface area (Å²) in [6.45, 7) is 5.27. The molecule has 17 heavy (non-hydrogen) atoms. The third-order valence-corrected chi connectivity index (χ3v) is 3.25. The lowest BCUT2D eigenvalue weighted by Crippen LogP contribution is -2.04. The Morgan fingerprint density at radius 1 is 0.941 bits per heavy atom. The van der Waals surface area contributed by atoms with E-state index in [9.17, 15) is 0 Å². The maximum absolute atomic E-state index is 3.16. The van der Waals surface area contributed by atoms with Crippen LogP contribution in [0.4, 0.5) is 0 Å². The fourth-order valence-electron chi connectivity index (χ4n) is 2.07. The number of rotatable bonds is 3. The number of benzene rings is 2. The van der Waals surface area contributed by atoms with Crippen molar-refractivity contribution in [3.8, 4) is 11.1 Å². The van der Waals surface area contributed by atoms with Crippen LogP contribution < -0.4 is 5.32 Å². The molecule has 0 fully saturated rings. The van der Waals surface area contributed by atoms with E-state index in [-0.39, 0.29) is 0 Å². The van der Waals surface area contributed by atoms with Crippen LogP contribution in [-0.2, 0) is 6.54 Å². The number of hydrogen-bond donors (Lipinski definition) is 1. The number of nitrogens with one attached hydrogen (secondary N) is 1. The maximum atomic E-state index is 3.16. The summed E-state index contributed by atoms with van der Waals surface area (Å²) in [5, 5.41) is 3.16. The Morgan fingerprint density at radius 3 is 2.29 bits per heavy atom. The van der Waals surface area contributed by atoms with Crippen molar-refractivity contribution in [1.29, 1.82) is 0 Å². The summed E-state index contributed by atoms with van der Waals surface area (Å²) in [6, 6.07) is 15.3. The Kier molecular flexibility index (Phi) is 3.60. The molecule has 0 aliphatic rings. The molecular formula is C16H19N. The molecule has 0 saturated carbocycles. The molecule has 0 aromatic heterocycles. The van der Waals surface area contributed by atoms with Gasteiger partial charge < -0.3 is 5.32 Å². The second kappa shape index (κ2) is 5.15.